The summed E-state index contributed by atoms with van der Waals surface area (Å²) in [5.41, 5.74) is 1.94. The van der Waals surface area contributed by atoms with Crippen molar-refractivity contribution in [2.45, 2.75) is 25.9 Å². The van der Waals surface area contributed by atoms with Gasteiger partial charge < -0.3 is 10.2 Å². The van der Waals surface area contributed by atoms with Gasteiger partial charge in [0.2, 0.25) is 0 Å². The minimum atomic E-state index is -0.0703. The van der Waals surface area contributed by atoms with Crippen LogP contribution in [0.5, 0.6) is 0 Å². The molecule has 3 nitrogen and oxygen atoms in total. The van der Waals surface area contributed by atoms with Gasteiger partial charge in [-0.1, -0.05) is 54.6 Å². The minimum Gasteiger partial charge on any atom is -0.317 e. The summed E-state index contributed by atoms with van der Waals surface area (Å²) in [5, 5.41) is 5.09. The van der Waals surface area contributed by atoms with Crippen LogP contribution in [-0.2, 0) is 13.0 Å². The van der Waals surface area contributed by atoms with E-state index >= 15 is 0 Å². The lowest BCUT2D eigenvalue weighted by Gasteiger charge is -2.29. The van der Waals surface area contributed by atoms with Crippen LogP contribution in [0, 0.1) is 0 Å². The van der Waals surface area contributed by atoms with Gasteiger partial charge in [-0.05, 0) is 36.1 Å². The molecule has 0 fully saturated rings. The molecule has 0 aliphatic carbocycles. The second-order valence-electron chi connectivity index (χ2n) is 6.04. The Morgan fingerprint density at radius 1 is 1.00 bits per heavy atom. The van der Waals surface area contributed by atoms with Crippen molar-refractivity contribution in [1.29, 1.82) is 0 Å². The largest absolute Gasteiger partial charge is 0.322 e. The molecule has 1 N–H and O–H groups in total. The van der Waals surface area contributed by atoms with E-state index in [1.165, 1.54) is 4.88 Å². The molecule has 4 heteroatoms. The van der Waals surface area contributed by atoms with Gasteiger partial charge in [0.1, 0.15) is 0 Å². The lowest BCUT2D eigenvalue weighted by molar-refractivity contribution is 0.188. The number of nitrogens with zero attached hydrogens (tertiary/aromatic N) is 1. The first kappa shape index (κ1) is 17.2. The smallest absolute Gasteiger partial charge is 0.317 e. The number of thiophene rings is 1. The Labute approximate surface area is 152 Å². The molecule has 3 rings (SSSR count). The van der Waals surface area contributed by atoms with Crippen molar-refractivity contribution in [2.75, 3.05) is 5.32 Å². The summed E-state index contributed by atoms with van der Waals surface area (Å²) < 4.78 is 0. The summed E-state index contributed by atoms with van der Waals surface area (Å²) in [7, 11) is 0. The topological polar surface area (TPSA) is 32.3 Å². The highest BCUT2D eigenvalue weighted by atomic mass is 32.1. The van der Waals surface area contributed by atoms with Crippen molar-refractivity contribution in [3.63, 3.8) is 0 Å². The fourth-order valence-electron chi connectivity index (χ4n) is 2.75. The third-order valence-corrected chi connectivity index (χ3v) is 4.99. The number of carbonyl (C=O) groups is 1. The first-order chi connectivity index (χ1) is 12.2. The van der Waals surface area contributed by atoms with Gasteiger partial charge in [-0.15, -0.1) is 11.3 Å². The number of hydrogen-bond acceptors (Lipinski definition) is 2. The molecule has 1 unspecified atom stereocenters. The Morgan fingerprint density at radius 3 is 2.32 bits per heavy atom. The SMILES string of the molecule is CC(Cc1cccs1)N(Cc1ccccc1)C(=O)Nc1ccccc1. The zero-order chi connectivity index (χ0) is 17.5. The maximum Gasteiger partial charge on any atom is 0.322 e. The summed E-state index contributed by atoms with van der Waals surface area (Å²) in [6, 6.07) is 23.9. The predicted molar refractivity (Wildman–Crippen MR) is 105 cm³/mol. The zero-order valence-electron chi connectivity index (χ0n) is 14.3. The van der Waals surface area contributed by atoms with Crippen LogP contribution in [0.2, 0.25) is 0 Å². The second-order valence-corrected chi connectivity index (χ2v) is 7.07. The van der Waals surface area contributed by atoms with Crippen LogP contribution < -0.4 is 5.32 Å². The summed E-state index contributed by atoms with van der Waals surface area (Å²) in [4.78, 5) is 16.1. The molecule has 0 saturated carbocycles. The lowest BCUT2D eigenvalue weighted by atomic mass is 10.1. The van der Waals surface area contributed by atoms with Crippen LogP contribution in [-0.4, -0.2) is 17.0 Å². The number of rotatable bonds is 6. The van der Waals surface area contributed by atoms with Gasteiger partial charge in [-0.3, -0.25) is 0 Å². The molecular formula is C21H22N2OS. The number of hydrogen-bond donors (Lipinski definition) is 1. The normalized spacial score (nSPS) is 11.7. The summed E-state index contributed by atoms with van der Waals surface area (Å²) >= 11 is 1.73. The van der Waals surface area contributed by atoms with Crippen molar-refractivity contribution in [1.82, 2.24) is 4.90 Å². The molecule has 0 aliphatic heterocycles. The van der Waals surface area contributed by atoms with Gasteiger partial charge in [0.05, 0.1) is 0 Å². The lowest BCUT2D eigenvalue weighted by Crippen LogP contribution is -2.41. The minimum absolute atomic E-state index is 0.0703. The first-order valence-electron chi connectivity index (χ1n) is 8.41. The van der Waals surface area contributed by atoms with E-state index in [-0.39, 0.29) is 12.1 Å². The number of urea groups is 1. The summed E-state index contributed by atoms with van der Waals surface area (Å²) in [5.74, 6) is 0. The fraction of sp³-hybridized carbons (Fsp3) is 0.190. The van der Waals surface area contributed by atoms with Crippen LogP contribution in [0.15, 0.2) is 78.2 Å². The van der Waals surface area contributed by atoms with E-state index in [1.807, 2.05) is 53.4 Å². The van der Waals surface area contributed by atoms with E-state index < -0.39 is 0 Å². The Morgan fingerprint density at radius 2 is 1.68 bits per heavy atom. The standard InChI is InChI=1S/C21H22N2OS/c1-17(15-20-13-8-14-25-20)23(16-18-9-4-2-5-10-18)21(24)22-19-11-6-3-7-12-19/h2-14,17H,15-16H2,1H3,(H,22,24). The van der Waals surface area contributed by atoms with E-state index in [0.29, 0.717) is 6.54 Å². The van der Waals surface area contributed by atoms with Crippen LogP contribution in [0.4, 0.5) is 10.5 Å². The van der Waals surface area contributed by atoms with Gasteiger partial charge in [0.25, 0.3) is 0 Å². The molecule has 0 spiro atoms. The first-order valence-corrected chi connectivity index (χ1v) is 9.29. The van der Waals surface area contributed by atoms with E-state index in [1.54, 1.807) is 11.3 Å². The average molecular weight is 350 g/mol. The van der Waals surface area contributed by atoms with Crippen molar-refractivity contribution in [3.05, 3.63) is 88.6 Å². The Balaban J connectivity index is 1.76. The highest BCUT2D eigenvalue weighted by Crippen LogP contribution is 2.18. The molecular weight excluding hydrogens is 328 g/mol. The number of benzene rings is 2. The van der Waals surface area contributed by atoms with Gasteiger partial charge >= 0.3 is 6.03 Å². The van der Waals surface area contributed by atoms with E-state index in [9.17, 15) is 4.79 Å². The molecule has 25 heavy (non-hydrogen) atoms. The van der Waals surface area contributed by atoms with Crippen LogP contribution in [0.25, 0.3) is 0 Å². The molecule has 2 amide bonds. The zero-order valence-corrected chi connectivity index (χ0v) is 15.1. The predicted octanol–water partition coefficient (Wildman–Crippen LogP) is 5.41. The van der Waals surface area contributed by atoms with Crippen molar-refractivity contribution in [3.8, 4) is 0 Å². The highest BCUT2D eigenvalue weighted by Gasteiger charge is 2.21. The number of amides is 2. The van der Waals surface area contributed by atoms with Crippen LogP contribution >= 0.6 is 11.3 Å². The quantitative estimate of drug-likeness (QED) is 0.633. The van der Waals surface area contributed by atoms with E-state index in [0.717, 1.165) is 17.7 Å². The molecule has 3 aromatic rings. The van der Waals surface area contributed by atoms with Gasteiger partial charge in [0.15, 0.2) is 0 Å². The molecule has 128 valence electrons. The van der Waals surface area contributed by atoms with E-state index in [2.05, 4.69) is 41.9 Å². The fourth-order valence-corrected chi connectivity index (χ4v) is 3.58. The monoisotopic (exact) mass is 350 g/mol. The third-order valence-electron chi connectivity index (χ3n) is 4.09. The van der Waals surface area contributed by atoms with Crippen molar-refractivity contribution in [2.24, 2.45) is 0 Å². The summed E-state index contributed by atoms with van der Waals surface area (Å²) in [6.07, 6.45) is 0.854. The number of carbonyl (C=O) groups excluding carboxylic acids is 1. The number of nitrogens with one attached hydrogen (secondary N) is 1. The van der Waals surface area contributed by atoms with Crippen LogP contribution in [0.3, 0.4) is 0 Å². The maximum absolute atomic E-state index is 12.9. The van der Waals surface area contributed by atoms with Gasteiger partial charge in [0, 0.05) is 29.6 Å². The Bertz CT molecular complexity index is 772. The summed E-state index contributed by atoms with van der Waals surface area (Å²) in [6.45, 7) is 2.69. The molecule has 0 radical (unpaired) electrons. The molecule has 0 bridgehead atoms. The highest BCUT2D eigenvalue weighted by molar-refractivity contribution is 7.09. The van der Waals surface area contributed by atoms with Crippen molar-refractivity contribution < 1.29 is 4.79 Å². The maximum atomic E-state index is 12.9. The molecule has 2 aromatic carbocycles. The number of para-hydroxylation sites is 1. The Hall–Kier alpha value is -2.59. The Kier molecular flexibility index (Phi) is 5.86. The van der Waals surface area contributed by atoms with Gasteiger partial charge in [-0.25, -0.2) is 4.79 Å². The van der Waals surface area contributed by atoms with E-state index in [4.69, 9.17) is 0 Å². The molecule has 1 atom stereocenters. The molecule has 1 heterocycles. The number of anilines is 1. The molecule has 0 saturated heterocycles. The average Bonchev–Trinajstić information content (AvgIpc) is 3.14. The van der Waals surface area contributed by atoms with Gasteiger partial charge in [-0.2, -0.15) is 0 Å². The second kappa shape index (κ2) is 8.49. The molecule has 0 aliphatic rings. The van der Waals surface area contributed by atoms with Crippen molar-refractivity contribution >= 4 is 23.1 Å². The van der Waals surface area contributed by atoms with Crippen LogP contribution in [0.1, 0.15) is 17.4 Å². The molecule has 1 aromatic heterocycles. The third kappa shape index (κ3) is 4.94.